The molecule has 1 amide bonds. The molecule has 1 heterocycles. The highest BCUT2D eigenvalue weighted by molar-refractivity contribution is 7.71. The van der Waals surface area contributed by atoms with Crippen molar-refractivity contribution in [2.75, 3.05) is 0 Å². The quantitative estimate of drug-likeness (QED) is 0.824. The van der Waals surface area contributed by atoms with Crippen LogP contribution < -0.4 is 5.73 Å². The molecule has 0 fully saturated rings. The molecule has 7 heteroatoms. The fourth-order valence-electron chi connectivity index (χ4n) is 1.62. The second-order valence-corrected chi connectivity index (χ2v) is 3.94. The fraction of sp³-hybridized carbons (Fsp3) is 0.200. The Morgan fingerprint density at radius 1 is 1.47 bits per heavy atom. The smallest absolute Gasteiger partial charge is 0.219 e. The van der Waals surface area contributed by atoms with E-state index in [-0.39, 0.29) is 23.3 Å². The summed E-state index contributed by atoms with van der Waals surface area (Å²) in [6, 6.07) is 2.41. The highest BCUT2D eigenvalue weighted by atomic mass is 32.1. The number of nitrogens with two attached hydrogens (primary N) is 1. The summed E-state index contributed by atoms with van der Waals surface area (Å²) in [5, 5.41) is 0. The van der Waals surface area contributed by atoms with E-state index in [1.165, 1.54) is 10.6 Å². The number of amides is 1. The van der Waals surface area contributed by atoms with Crippen molar-refractivity contribution in [1.29, 1.82) is 0 Å². The monoisotopic (exact) mass is 257 g/mol. The van der Waals surface area contributed by atoms with Gasteiger partial charge in [0.1, 0.15) is 5.52 Å². The van der Waals surface area contributed by atoms with Gasteiger partial charge >= 0.3 is 0 Å². The lowest BCUT2D eigenvalue weighted by Crippen LogP contribution is -2.14. The summed E-state index contributed by atoms with van der Waals surface area (Å²) in [6.45, 7) is 0.120. The zero-order valence-electron chi connectivity index (χ0n) is 8.67. The molecular weight excluding hydrogens is 248 g/mol. The lowest BCUT2D eigenvalue weighted by Gasteiger charge is -2.03. The highest BCUT2D eigenvalue weighted by Gasteiger charge is 2.13. The Balaban J connectivity index is 2.61. The third-order valence-electron chi connectivity index (χ3n) is 2.41. The molecule has 0 aliphatic carbocycles. The molecule has 0 atom stereocenters. The first kappa shape index (κ1) is 11.7. The Kier molecular flexibility index (Phi) is 2.93. The average molecular weight is 257 g/mol. The van der Waals surface area contributed by atoms with E-state index < -0.39 is 17.5 Å². The minimum absolute atomic E-state index is 0.0111. The number of imidazole rings is 1. The number of aryl methyl sites for hydroxylation is 1. The molecule has 1 aromatic heterocycles. The molecule has 0 spiro atoms. The maximum Gasteiger partial charge on any atom is 0.219 e. The van der Waals surface area contributed by atoms with Gasteiger partial charge in [0.2, 0.25) is 5.91 Å². The molecule has 0 unspecified atom stereocenters. The number of fused-ring (bicyclic) bond motifs is 1. The van der Waals surface area contributed by atoms with Crippen molar-refractivity contribution in [3.05, 3.63) is 28.5 Å². The van der Waals surface area contributed by atoms with Crippen molar-refractivity contribution >= 4 is 29.2 Å². The number of nitrogens with one attached hydrogen (secondary N) is 1. The van der Waals surface area contributed by atoms with E-state index >= 15 is 0 Å². The van der Waals surface area contributed by atoms with Crippen LogP contribution in [0.15, 0.2) is 12.1 Å². The van der Waals surface area contributed by atoms with Gasteiger partial charge in [-0.05, 0) is 24.4 Å². The van der Waals surface area contributed by atoms with Crippen LogP contribution in [0.25, 0.3) is 11.0 Å². The average Bonchev–Trinajstić information content (AvgIpc) is 2.58. The van der Waals surface area contributed by atoms with Crippen molar-refractivity contribution in [3.8, 4) is 0 Å². The van der Waals surface area contributed by atoms with Crippen molar-refractivity contribution < 1.29 is 13.6 Å². The number of carbonyl (C=O) groups excluding carboxylic acids is 1. The lowest BCUT2D eigenvalue weighted by atomic mass is 10.3. The number of aromatic nitrogens is 2. The first-order valence-electron chi connectivity index (χ1n) is 4.85. The van der Waals surface area contributed by atoms with Gasteiger partial charge in [-0.3, -0.25) is 4.79 Å². The van der Waals surface area contributed by atoms with E-state index in [1.807, 2.05) is 0 Å². The number of benzene rings is 1. The Bertz CT molecular complexity index is 647. The fourth-order valence-corrected chi connectivity index (χ4v) is 1.92. The van der Waals surface area contributed by atoms with Gasteiger partial charge in [0.25, 0.3) is 0 Å². The zero-order valence-corrected chi connectivity index (χ0v) is 9.48. The first-order valence-corrected chi connectivity index (χ1v) is 5.26. The SMILES string of the molecule is NC(=O)CCn1c(=S)[nH]c2ccc(F)c(F)c21. The molecular formula is C10H9F2N3OS. The van der Waals surface area contributed by atoms with E-state index in [4.69, 9.17) is 18.0 Å². The van der Waals surface area contributed by atoms with Crippen LogP contribution in [-0.2, 0) is 11.3 Å². The van der Waals surface area contributed by atoms with Gasteiger partial charge in [-0.25, -0.2) is 8.78 Å². The molecule has 0 radical (unpaired) electrons. The molecule has 0 saturated heterocycles. The van der Waals surface area contributed by atoms with Crippen molar-refractivity contribution in [1.82, 2.24) is 9.55 Å². The van der Waals surface area contributed by atoms with Gasteiger partial charge < -0.3 is 15.3 Å². The van der Waals surface area contributed by atoms with Gasteiger partial charge in [-0.1, -0.05) is 0 Å². The number of primary amides is 1. The van der Waals surface area contributed by atoms with Gasteiger partial charge in [-0.15, -0.1) is 0 Å². The maximum atomic E-state index is 13.6. The molecule has 1 aromatic carbocycles. The second-order valence-electron chi connectivity index (χ2n) is 3.56. The van der Waals surface area contributed by atoms with Crippen LogP contribution in [0.4, 0.5) is 8.78 Å². The summed E-state index contributed by atoms with van der Waals surface area (Å²) in [5.74, 6) is -2.48. The number of carbonyl (C=O) groups is 1. The van der Waals surface area contributed by atoms with Crippen LogP contribution in [0.2, 0.25) is 0 Å². The van der Waals surface area contributed by atoms with E-state index in [0.29, 0.717) is 5.52 Å². The summed E-state index contributed by atoms with van der Waals surface area (Å²) in [5.41, 5.74) is 5.42. The Hall–Kier alpha value is -1.76. The molecule has 0 aliphatic heterocycles. The summed E-state index contributed by atoms with van der Waals surface area (Å²) >= 11 is 4.97. The molecule has 17 heavy (non-hydrogen) atoms. The largest absolute Gasteiger partial charge is 0.370 e. The summed E-state index contributed by atoms with van der Waals surface area (Å²) in [7, 11) is 0. The molecule has 0 bridgehead atoms. The second kappa shape index (κ2) is 4.25. The number of halogens is 2. The Labute approximate surface area is 100 Å². The number of nitrogens with zero attached hydrogens (tertiary/aromatic N) is 1. The third-order valence-corrected chi connectivity index (χ3v) is 2.73. The molecule has 2 rings (SSSR count). The minimum atomic E-state index is -0.987. The van der Waals surface area contributed by atoms with Crippen LogP contribution in [-0.4, -0.2) is 15.5 Å². The topological polar surface area (TPSA) is 63.8 Å². The standard InChI is InChI=1S/C10H9F2N3OS/c11-5-1-2-6-9(8(5)12)15(10(17)14-6)4-3-7(13)16/h1-2H,3-4H2,(H2,13,16)(H,14,17). The van der Waals surface area contributed by atoms with E-state index in [9.17, 15) is 13.6 Å². The molecule has 3 N–H and O–H groups in total. The number of hydrogen-bond acceptors (Lipinski definition) is 2. The van der Waals surface area contributed by atoms with Crippen molar-refractivity contribution in [3.63, 3.8) is 0 Å². The number of rotatable bonds is 3. The lowest BCUT2D eigenvalue weighted by molar-refractivity contribution is -0.118. The summed E-state index contributed by atoms with van der Waals surface area (Å²) in [6.07, 6.45) is 0.0111. The number of aromatic amines is 1. The molecule has 0 aliphatic rings. The van der Waals surface area contributed by atoms with Gasteiger partial charge in [0.15, 0.2) is 16.4 Å². The minimum Gasteiger partial charge on any atom is -0.370 e. The predicted molar refractivity (Wildman–Crippen MR) is 60.9 cm³/mol. The van der Waals surface area contributed by atoms with E-state index in [2.05, 4.69) is 4.98 Å². The number of H-pyrrole nitrogens is 1. The van der Waals surface area contributed by atoms with Gasteiger partial charge in [0.05, 0.1) is 5.52 Å². The number of hydrogen-bond donors (Lipinski definition) is 2. The van der Waals surface area contributed by atoms with Crippen LogP contribution in [0, 0.1) is 16.4 Å². The molecule has 2 aromatic rings. The summed E-state index contributed by atoms with van der Waals surface area (Å²) < 4.78 is 28.3. The van der Waals surface area contributed by atoms with E-state index in [1.54, 1.807) is 0 Å². The van der Waals surface area contributed by atoms with Gasteiger partial charge in [-0.2, -0.15) is 0 Å². The van der Waals surface area contributed by atoms with Crippen LogP contribution in [0.3, 0.4) is 0 Å². The van der Waals surface area contributed by atoms with Crippen molar-refractivity contribution in [2.45, 2.75) is 13.0 Å². The normalized spacial score (nSPS) is 10.9. The van der Waals surface area contributed by atoms with E-state index in [0.717, 1.165) is 6.07 Å². The Morgan fingerprint density at radius 2 is 2.18 bits per heavy atom. The third kappa shape index (κ3) is 2.05. The molecule has 90 valence electrons. The van der Waals surface area contributed by atoms with Crippen LogP contribution in [0.5, 0.6) is 0 Å². The maximum absolute atomic E-state index is 13.6. The van der Waals surface area contributed by atoms with Gasteiger partial charge in [0, 0.05) is 13.0 Å². The predicted octanol–water partition coefficient (Wildman–Crippen LogP) is 1.85. The van der Waals surface area contributed by atoms with Crippen LogP contribution in [0.1, 0.15) is 6.42 Å². The van der Waals surface area contributed by atoms with Crippen LogP contribution >= 0.6 is 12.2 Å². The molecule has 0 saturated carbocycles. The molecule has 4 nitrogen and oxygen atoms in total. The zero-order chi connectivity index (χ0) is 12.6. The highest BCUT2D eigenvalue weighted by Crippen LogP contribution is 2.20. The van der Waals surface area contributed by atoms with Crippen molar-refractivity contribution in [2.24, 2.45) is 5.73 Å². The Morgan fingerprint density at radius 3 is 2.82 bits per heavy atom. The first-order chi connectivity index (χ1) is 8.00. The summed E-state index contributed by atoms with van der Waals surface area (Å²) in [4.78, 5) is 13.4.